The first kappa shape index (κ1) is 16.7. The first-order chi connectivity index (χ1) is 9.69. The van der Waals surface area contributed by atoms with E-state index in [2.05, 4.69) is 10.6 Å². The number of carboxylic acids is 1. The maximum Gasteiger partial charge on any atom is 0.335 e. The monoisotopic (exact) mass is 292 g/mol. The minimum atomic E-state index is -1.04. The third-order valence-corrected chi connectivity index (χ3v) is 2.55. The fourth-order valence-corrected chi connectivity index (χ4v) is 1.64. The largest absolute Gasteiger partial charge is 0.478 e. The molecule has 0 atom stereocenters. The molecule has 6 nitrogen and oxygen atoms in total. The Bertz CT molecular complexity index is 530. The van der Waals surface area contributed by atoms with E-state index in [4.69, 9.17) is 5.11 Å². The van der Waals surface area contributed by atoms with Crippen LogP contribution in [0, 0.1) is 0 Å². The lowest BCUT2D eigenvalue weighted by Crippen LogP contribution is -2.41. The van der Waals surface area contributed by atoms with Gasteiger partial charge in [0.2, 0.25) is 5.91 Å². The maximum absolute atomic E-state index is 11.8. The molecular formula is C15H20N2O4. The SMILES string of the molecule is CC(C)(C)NC(=O)CCNC(=O)c1ccc(C(=O)O)cc1. The van der Waals surface area contributed by atoms with Gasteiger partial charge in [-0.15, -0.1) is 0 Å². The van der Waals surface area contributed by atoms with Crippen LogP contribution in [0.2, 0.25) is 0 Å². The van der Waals surface area contributed by atoms with Gasteiger partial charge in [-0.2, -0.15) is 0 Å². The zero-order valence-electron chi connectivity index (χ0n) is 12.4. The zero-order chi connectivity index (χ0) is 16.0. The van der Waals surface area contributed by atoms with E-state index < -0.39 is 5.97 Å². The predicted molar refractivity (Wildman–Crippen MR) is 78.2 cm³/mol. The molecule has 0 unspecified atom stereocenters. The smallest absolute Gasteiger partial charge is 0.335 e. The van der Waals surface area contributed by atoms with Crippen molar-refractivity contribution in [2.45, 2.75) is 32.7 Å². The summed E-state index contributed by atoms with van der Waals surface area (Å²) in [5, 5.41) is 14.2. The van der Waals surface area contributed by atoms with Gasteiger partial charge in [-0.3, -0.25) is 9.59 Å². The molecule has 0 fully saturated rings. The second-order valence-electron chi connectivity index (χ2n) is 5.69. The van der Waals surface area contributed by atoms with Gasteiger partial charge in [-0.1, -0.05) is 0 Å². The van der Waals surface area contributed by atoms with Crippen molar-refractivity contribution >= 4 is 17.8 Å². The van der Waals surface area contributed by atoms with Gasteiger partial charge < -0.3 is 15.7 Å². The summed E-state index contributed by atoms with van der Waals surface area (Å²) in [6, 6.07) is 5.61. The summed E-state index contributed by atoms with van der Waals surface area (Å²) >= 11 is 0. The molecule has 2 amide bonds. The fourth-order valence-electron chi connectivity index (χ4n) is 1.64. The normalized spacial score (nSPS) is 10.8. The number of hydrogen-bond donors (Lipinski definition) is 3. The average Bonchev–Trinajstić information content (AvgIpc) is 2.36. The molecule has 0 aliphatic heterocycles. The molecule has 1 aromatic carbocycles. The highest BCUT2D eigenvalue weighted by Gasteiger charge is 2.14. The third kappa shape index (κ3) is 6.07. The maximum atomic E-state index is 11.8. The molecule has 0 saturated carbocycles. The molecule has 21 heavy (non-hydrogen) atoms. The van der Waals surface area contributed by atoms with Crippen molar-refractivity contribution in [2.24, 2.45) is 0 Å². The molecule has 0 spiro atoms. The predicted octanol–water partition coefficient (Wildman–Crippen LogP) is 1.42. The van der Waals surface area contributed by atoms with Crippen molar-refractivity contribution in [1.29, 1.82) is 0 Å². The number of nitrogens with one attached hydrogen (secondary N) is 2. The van der Waals surface area contributed by atoms with Crippen LogP contribution in [0.5, 0.6) is 0 Å². The number of carbonyl (C=O) groups excluding carboxylic acids is 2. The van der Waals surface area contributed by atoms with Crippen molar-refractivity contribution < 1.29 is 19.5 Å². The van der Waals surface area contributed by atoms with Gasteiger partial charge in [0, 0.05) is 24.1 Å². The zero-order valence-corrected chi connectivity index (χ0v) is 12.4. The second kappa shape index (κ2) is 6.88. The van der Waals surface area contributed by atoms with E-state index in [-0.39, 0.29) is 35.9 Å². The minimum Gasteiger partial charge on any atom is -0.478 e. The van der Waals surface area contributed by atoms with Crippen LogP contribution in [0.3, 0.4) is 0 Å². The van der Waals surface area contributed by atoms with E-state index in [1.165, 1.54) is 24.3 Å². The Morgan fingerprint density at radius 3 is 2.05 bits per heavy atom. The van der Waals surface area contributed by atoms with Crippen molar-refractivity contribution in [3.63, 3.8) is 0 Å². The molecule has 0 aliphatic carbocycles. The highest BCUT2D eigenvalue weighted by molar-refractivity contribution is 5.96. The molecule has 1 rings (SSSR count). The lowest BCUT2D eigenvalue weighted by Gasteiger charge is -2.20. The number of rotatable bonds is 5. The highest BCUT2D eigenvalue weighted by Crippen LogP contribution is 2.04. The number of carbonyl (C=O) groups is 3. The van der Waals surface area contributed by atoms with Gasteiger partial charge in [0.15, 0.2) is 0 Å². The van der Waals surface area contributed by atoms with Crippen molar-refractivity contribution in [3.05, 3.63) is 35.4 Å². The number of aromatic carboxylic acids is 1. The van der Waals surface area contributed by atoms with Crippen LogP contribution in [-0.4, -0.2) is 35.0 Å². The van der Waals surface area contributed by atoms with Crippen molar-refractivity contribution in [3.8, 4) is 0 Å². The summed E-state index contributed by atoms with van der Waals surface area (Å²) in [5.41, 5.74) is 0.181. The molecule has 0 saturated heterocycles. The number of carboxylic acid groups (broad SMARTS) is 1. The Morgan fingerprint density at radius 1 is 1.05 bits per heavy atom. The van der Waals surface area contributed by atoms with Gasteiger partial charge in [0.1, 0.15) is 0 Å². The van der Waals surface area contributed by atoms with Crippen LogP contribution in [0.1, 0.15) is 47.9 Å². The van der Waals surface area contributed by atoms with Crippen molar-refractivity contribution in [1.82, 2.24) is 10.6 Å². The van der Waals surface area contributed by atoms with Gasteiger partial charge in [0.05, 0.1) is 5.56 Å². The van der Waals surface area contributed by atoms with Crippen LogP contribution >= 0.6 is 0 Å². The molecule has 114 valence electrons. The quantitative estimate of drug-likeness (QED) is 0.764. The summed E-state index contributed by atoms with van der Waals surface area (Å²) in [5.74, 6) is -1.51. The summed E-state index contributed by atoms with van der Waals surface area (Å²) < 4.78 is 0. The number of benzene rings is 1. The van der Waals surface area contributed by atoms with E-state index in [0.717, 1.165) is 0 Å². The Morgan fingerprint density at radius 2 is 1.57 bits per heavy atom. The molecule has 0 aliphatic rings. The molecule has 6 heteroatoms. The molecule has 0 heterocycles. The standard InChI is InChI=1S/C15H20N2O4/c1-15(2,3)17-12(18)8-9-16-13(19)10-4-6-11(7-5-10)14(20)21/h4-7H,8-9H2,1-3H3,(H,16,19)(H,17,18)(H,20,21). The summed E-state index contributed by atoms with van der Waals surface area (Å²) in [6.45, 7) is 5.87. The Hall–Kier alpha value is -2.37. The molecule has 0 aromatic heterocycles. The van der Waals surface area contributed by atoms with Crippen LogP contribution in [0.15, 0.2) is 24.3 Å². The summed E-state index contributed by atoms with van der Waals surface area (Å²) in [7, 11) is 0. The van der Waals surface area contributed by atoms with E-state index in [1.807, 2.05) is 20.8 Å². The Kier molecular flexibility index (Phi) is 5.46. The van der Waals surface area contributed by atoms with Crippen LogP contribution in [-0.2, 0) is 4.79 Å². The second-order valence-corrected chi connectivity index (χ2v) is 5.69. The van der Waals surface area contributed by atoms with E-state index in [9.17, 15) is 14.4 Å². The molecule has 1 aromatic rings. The van der Waals surface area contributed by atoms with Gasteiger partial charge in [-0.05, 0) is 45.0 Å². The van der Waals surface area contributed by atoms with Gasteiger partial charge in [-0.25, -0.2) is 4.79 Å². The van der Waals surface area contributed by atoms with Crippen LogP contribution in [0.4, 0.5) is 0 Å². The Labute approximate surface area is 123 Å². The van der Waals surface area contributed by atoms with Crippen molar-refractivity contribution in [2.75, 3.05) is 6.54 Å². The highest BCUT2D eigenvalue weighted by atomic mass is 16.4. The first-order valence-electron chi connectivity index (χ1n) is 6.61. The lowest BCUT2D eigenvalue weighted by atomic mass is 10.1. The van der Waals surface area contributed by atoms with E-state index >= 15 is 0 Å². The fraction of sp³-hybridized carbons (Fsp3) is 0.400. The van der Waals surface area contributed by atoms with E-state index in [0.29, 0.717) is 5.56 Å². The molecule has 3 N–H and O–H groups in total. The Balaban J connectivity index is 2.44. The molecule has 0 radical (unpaired) electrons. The minimum absolute atomic E-state index is 0.121. The summed E-state index contributed by atoms with van der Waals surface area (Å²) in [4.78, 5) is 34.1. The number of amides is 2. The first-order valence-corrected chi connectivity index (χ1v) is 6.61. The molecular weight excluding hydrogens is 272 g/mol. The topological polar surface area (TPSA) is 95.5 Å². The lowest BCUT2D eigenvalue weighted by molar-refractivity contribution is -0.122. The van der Waals surface area contributed by atoms with Gasteiger partial charge >= 0.3 is 5.97 Å². The van der Waals surface area contributed by atoms with Crippen LogP contribution in [0.25, 0.3) is 0 Å². The van der Waals surface area contributed by atoms with Gasteiger partial charge in [0.25, 0.3) is 5.91 Å². The average molecular weight is 292 g/mol. The van der Waals surface area contributed by atoms with Crippen LogP contribution < -0.4 is 10.6 Å². The molecule has 0 bridgehead atoms. The third-order valence-electron chi connectivity index (χ3n) is 2.55. The summed E-state index contributed by atoms with van der Waals surface area (Å²) in [6.07, 6.45) is 0.191. The number of hydrogen-bond acceptors (Lipinski definition) is 3. The van der Waals surface area contributed by atoms with E-state index in [1.54, 1.807) is 0 Å².